The number of carbonyl (C=O) groups is 1. The van der Waals surface area contributed by atoms with E-state index in [2.05, 4.69) is 55.0 Å². The minimum absolute atomic E-state index is 0.301. The lowest BCUT2D eigenvalue weighted by Crippen LogP contribution is -2.26. The quantitative estimate of drug-likeness (QED) is 0.511. The van der Waals surface area contributed by atoms with Crippen molar-refractivity contribution in [3.8, 4) is 0 Å². The maximum Gasteiger partial charge on any atom is 0.256 e. The van der Waals surface area contributed by atoms with E-state index in [9.17, 15) is 4.79 Å². The van der Waals surface area contributed by atoms with Gasteiger partial charge in [0, 0.05) is 32.0 Å². The molecule has 1 amide bonds. The molecule has 30 heavy (non-hydrogen) atoms. The normalized spacial score (nSPS) is 13.4. The first-order chi connectivity index (χ1) is 14.5. The second-order valence-corrected chi connectivity index (χ2v) is 7.20. The molecule has 0 saturated heterocycles. The molecular weight excluding hydrogens is 380 g/mol. The van der Waals surface area contributed by atoms with E-state index in [4.69, 9.17) is 5.73 Å². The lowest BCUT2D eigenvalue weighted by molar-refractivity contribution is 0.0963. The maximum atomic E-state index is 12.3. The van der Waals surface area contributed by atoms with E-state index in [-0.39, 0.29) is 5.91 Å². The summed E-state index contributed by atoms with van der Waals surface area (Å²) < 4.78 is 0. The average molecular weight is 404 g/mol. The van der Waals surface area contributed by atoms with Gasteiger partial charge in [-0.1, -0.05) is 12.1 Å². The number of nitrogens with two attached hydrogens (primary N) is 1. The van der Waals surface area contributed by atoms with Crippen molar-refractivity contribution >= 4 is 35.0 Å². The Morgan fingerprint density at radius 2 is 2.00 bits per heavy atom. The summed E-state index contributed by atoms with van der Waals surface area (Å²) in [6.45, 7) is 1.98. The first-order valence-corrected chi connectivity index (χ1v) is 9.68. The van der Waals surface area contributed by atoms with Crippen LogP contribution in [0.1, 0.15) is 21.5 Å². The Kier molecular flexibility index (Phi) is 5.44. The van der Waals surface area contributed by atoms with Gasteiger partial charge < -0.3 is 26.6 Å². The summed E-state index contributed by atoms with van der Waals surface area (Å²) >= 11 is 0. The van der Waals surface area contributed by atoms with Crippen molar-refractivity contribution in [1.29, 1.82) is 0 Å². The van der Waals surface area contributed by atoms with Crippen molar-refractivity contribution in [2.45, 2.75) is 13.0 Å². The van der Waals surface area contributed by atoms with E-state index in [0.717, 1.165) is 25.2 Å². The number of likely N-dealkylation sites (N-methyl/N-ethyl adjacent to an activating group) is 1. The van der Waals surface area contributed by atoms with Crippen LogP contribution in [0.5, 0.6) is 0 Å². The first-order valence-electron chi connectivity index (χ1n) is 9.68. The van der Waals surface area contributed by atoms with Gasteiger partial charge in [-0.2, -0.15) is 4.98 Å². The molecule has 0 bridgehead atoms. The number of hydrogen-bond acceptors (Lipinski definition) is 8. The van der Waals surface area contributed by atoms with Gasteiger partial charge in [-0.15, -0.1) is 0 Å². The molecule has 3 heterocycles. The van der Waals surface area contributed by atoms with E-state index >= 15 is 0 Å². The van der Waals surface area contributed by atoms with Gasteiger partial charge in [0.2, 0.25) is 5.95 Å². The standard InChI is InChI=1S/C21H24N8O/c1-23-20(30)16-11-24-21(28-19(16)27-18-5-3-4-17(22)26-18)25-15-7-6-13-8-9-29(2)12-14(13)10-15/h3-7,10-11H,8-9,12H2,1-2H3,(H,23,30)(H4,22,24,25,26,27,28). The molecule has 1 aliphatic rings. The zero-order valence-corrected chi connectivity index (χ0v) is 16.9. The fourth-order valence-corrected chi connectivity index (χ4v) is 3.39. The fourth-order valence-electron chi connectivity index (χ4n) is 3.39. The van der Waals surface area contributed by atoms with Crippen LogP contribution in [-0.2, 0) is 13.0 Å². The third-order valence-electron chi connectivity index (χ3n) is 4.94. The van der Waals surface area contributed by atoms with Crippen molar-refractivity contribution in [1.82, 2.24) is 25.2 Å². The highest BCUT2D eigenvalue weighted by Crippen LogP contribution is 2.25. The molecule has 1 aliphatic heterocycles. The van der Waals surface area contributed by atoms with Crippen LogP contribution in [0, 0.1) is 0 Å². The molecule has 0 atom stereocenters. The van der Waals surface area contributed by atoms with E-state index in [1.54, 1.807) is 25.2 Å². The largest absolute Gasteiger partial charge is 0.384 e. The molecule has 9 nitrogen and oxygen atoms in total. The molecule has 0 fully saturated rings. The molecule has 9 heteroatoms. The Balaban J connectivity index is 1.62. The van der Waals surface area contributed by atoms with Gasteiger partial charge in [-0.25, -0.2) is 9.97 Å². The van der Waals surface area contributed by atoms with Crippen LogP contribution in [0.4, 0.5) is 29.1 Å². The van der Waals surface area contributed by atoms with Gasteiger partial charge in [0.25, 0.3) is 5.91 Å². The van der Waals surface area contributed by atoms with E-state index < -0.39 is 0 Å². The molecule has 0 saturated carbocycles. The Morgan fingerprint density at radius 1 is 1.13 bits per heavy atom. The van der Waals surface area contributed by atoms with Crippen LogP contribution >= 0.6 is 0 Å². The van der Waals surface area contributed by atoms with E-state index in [1.807, 2.05) is 6.07 Å². The maximum absolute atomic E-state index is 12.3. The summed E-state index contributed by atoms with van der Waals surface area (Å²) in [5.41, 5.74) is 9.61. The van der Waals surface area contributed by atoms with Gasteiger partial charge in [0.05, 0.1) is 0 Å². The van der Waals surface area contributed by atoms with Crippen LogP contribution in [-0.4, -0.2) is 46.4 Å². The van der Waals surface area contributed by atoms with Crippen molar-refractivity contribution in [2.75, 3.05) is 37.0 Å². The first kappa shape index (κ1) is 19.6. The SMILES string of the molecule is CNC(=O)c1cnc(Nc2ccc3c(c2)CN(C)CC3)nc1Nc1cccc(N)n1. The molecule has 2 aromatic heterocycles. The summed E-state index contributed by atoms with van der Waals surface area (Å²) in [4.78, 5) is 27.6. The number of aromatic nitrogens is 3. The fraction of sp³-hybridized carbons (Fsp3) is 0.238. The molecule has 5 N–H and O–H groups in total. The van der Waals surface area contributed by atoms with Crippen LogP contribution in [0.2, 0.25) is 0 Å². The third kappa shape index (κ3) is 4.31. The van der Waals surface area contributed by atoms with Gasteiger partial charge in [0.15, 0.2) is 0 Å². The van der Waals surface area contributed by atoms with E-state index in [0.29, 0.717) is 29.0 Å². The number of nitrogen functional groups attached to an aromatic ring is 1. The number of hydrogen-bond donors (Lipinski definition) is 4. The van der Waals surface area contributed by atoms with Gasteiger partial charge >= 0.3 is 0 Å². The predicted molar refractivity (Wildman–Crippen MR) is 117 cm³/mol. The molecule has 0 aliphatic carbocycles. The summed E-state index contributed by atoms with van der Waals surface area (Å²) in [7, 11) is 3.67. The number of carbonyl (C=O) groups excluding carboxylic acids is 1. The number of benzene rings is 1. The van der Waals surface area contributed by atoms with Crippen molar-refractivity contribution < 1.29 is 4.79 Å². The Labute approximate surface area is 174 Å². The Bertz CT molecular complexity index is 1080. The number of nitrogens with zero attached hydrogens (tertiary/aromatic N) is 4. The summed E-state index contributed by atoms with van der Waals surface area (Å²) in [5, 5.41) is 8.89. The Morgan fingerprint density at radius 3 is 2.80 bits per heavy atom. The summed E-state index contributed by atoms with van der Waals surface area (Å²) in [6.07, 6.45) is 2.53. The molecule has 154 valence electrons. The molecule has 0 radical (unpaired) electrons. The zero-order chi connectivity index (χ0) is 21.1. The third-order valence-corrected chi connectivity index (χ3v) is 4.94. The monoisotopic (exact) mass is 404 g/mol. The Hall–Kier alpha value is -3.72. The van der Waals surface area contributed by atoms with Crippen molar-refractivity contribution in [3.05, 3.63) is 59.3 Å². The van der Waals surface area contributed by atoms with Gasteiger partial charge in [-0.3, -0.25) is 4.79 Å². The lowest BCUT2D eigenvalue weighted by Gasteiger charge is -2.25. The minimum Gasteiger partial charge on any atom is -0.384 e. The minimum atomic E-state index is -0.301. The van der Waals surface area contributed by atoms with Crippen molar-refractivity contribution in [3.63, 3.8) is 0 Å². The lowest BCUT2D eigenvalue weighted by atomic mass is 9.99. The summed E-state index contributed by atoms with van der Waals surface area (Å²) in [5.74, 6) is 1.26. The number of anilines is 5. The number of pyridine rings is 1. The predicted octanol–water partition coefficient (Wildman–Crippen LogP) is 2.29. The van der Waals surface area contributed by atoms with Crippen LogP contribution < -0.4 is 21.7 Å². The summed E-state index contributed by atoms with van der Waals surface area (Å²) in [6, 6.07) is 11.5. The molecular formula is C21H24N8O. The van der Waals surface area contributed by atoms with E-state index in [1.165, 1.54) is 17.3 Å². The van der Waals surface area contributed by atoms with Gasteiger partial charge in [-0.05, 0) is 48.9 Å². The molecule has 0 spiro atoms. The second kappa shape index (κ2) is 8.34. The van der Waals surface area contributed by atoms with Crippen LogP contribution in [0.25, 0.3) is 0 Å². The highest BCUT2D eigenvalue weighted by Gasteiger charge is 2.16. The number of fused-ring (bicyclic) bond motifs is 1. The zero-order valence-electron chi connectivity index (χ0n) is 16.9. The highest BCUT2D eigenvalue weighted by molar-refractivity contribution is 5.99. The van der Waals surface area contributed by atoms with Gasteiger partial charge in [0.1, 0.15) is 23.0 Å². The molecule has 0 unspecified atom stereocenters. The number of nitrogens with one attached hydrogen (secondary N) is 3. The topological polar surface area (TPSA) is 121 Å². The van der Waals surface area contributed by atoms with Crippen LogP contribution in [0.15, 0.2) is 42.6 Å². The number of amides is 1. The van der Waals surface area contributed by atoms with Crippen molar-refractivity contribution in [2.24, 2.45) is 0 Å². The average Bonchev–Trinajstić information content (AvgIpc) is 2.73. The molecule has 3 aromatic rings. The molecule has 1 aromatic carbocycles. The number of rotatable bonds is 5. The highest BCUT2D eigenvalue weighted by atomic mass is 16.1. The van der Waals surface area contributed by atoms with Crippen LogP contribution in [0.3, 0.4) is 0 Å². The second-order valence-electron chi connectivity index (χ2n) is 7.20. The smallest absolute Gasteiger partial charge is 0.256 e. The molecule has 4 rings (SSSR count).